The molecule has 0 atom stereocenters. The Bertz CT molecular complexity index is 719. The maximum Gasteiger partial charge on any atom is 0.251 e. The molecule has 3 N–H and O–H groups in total. The first kappa shape index (κ1) is 22.2. The van der Waals surface area contributed by atoms with Gasteiger partial charge in [0.2, 0.25) is 0 Å². The highest BCUT2D eigenvalue weighted by molar-refractivity contribution is 14.0. The molecular formula is C18H23ClIN5O. The molecule has 1 aromatic carbocycles. The highest BCUT2D eigenvalue weighted by atomic mass is 127. The topological polar surface area (TPSA) is 78.4 Å². The van der Waals surface area contributed by atoms with Crippen LogP contribution in [0.2, 0.25) is 5.15 Å². The number of halogens is 2. The van der Waals surface area contributed by atoms with Crippen LogP contribution in [0, 0.1) is 0 Å². The van der Waals surface area contributed by atoms with Crippen molar-refractivity contribution in [1.82, 2.24) is 20.9 Å². The molecule has 0 aliphatic carbocycles. The second kappa shape index (κ2) is 11.7. The third-order valence-electron chi connectivity index (χ3n) is 3.62. The fourth-order valence-corrected chi connectivity index (χ4v) is 2.32. The van der Waals surface area contributed by atoms with Gasteiger partial charge in [0.1, 0.15) is 5.15 Å². The van der Waals surface area contributed by atoms with Crippen LogP contribution in [-0.4, -0.2) is 37.5 Å². The lowest BCUT2D eigenvalue weighted by Crippen LogP contribution is -2.37. The third-order valence-corrected chi connectivity index (χ3v) is 3.85. The van der Waals surface area contributed by atoms with Gasteiger partial charge in [-0.1, -0.05) is 29.8 Å². The molecule has 2 aromatic rings. The van der Waals surface area contributed by atoms with E-state index in [1.54, 1.807) is 38.5 Å². The lowest BCUT2D eigenvalue weighted by Gasteiger charge is -2.12. The van der Waals surface area contributed by atoms with Gasteiger partial charge in [0.15, 0.2) is 5.96 Å². The standard InChI is InChI=1S/C18H22ClN5O.HI/c1-20-17(25)15-6-3-13(4-7-15)12-24-18(21-2)22-10-9-14-5-8-16(19)23-11-14;/h3-8,11H,9-10,12H2,1-2H3,(H,20,25)(H2,21,22,24);1H. The van der Waals surface area contributed by atoms with Crippen LogP contribution < -0.4 is 16.0 Å². The fraction of sp³-hybridized carbons (Fsp3) is 0.278. The molecule has 6 nitrogen and oxygen atoms in total. The minimum Gasteiger partial charge on any atom is -0.356 e. The van der Waals surface area contributed by atoms with E-state index < -0.39 is 0 Å². The van der Waals surface area contributed by atoms with Gasteiger partial charge >= 0.3 is 0 Å². The molecule has 8 heteroatoms. The summed E-state index contributed by atoms with van der Waals surface area (Å²) >= 11 is 5.78. The van der Waals surface area contributed by atoms with Crippen molar-refractivity contribution < 1.29 is 4.79 Å². The molecule has 2 rings (SSSR count). The van der Waals surface area contributed by atoms with Crippen LogP contribution in [0.3, 0.4) is 0 Å². The summed E-state index contributed by atoms with van der Waals surface area (Å²) in [5.41, 5.74) is 2.82. The van der Waals surface area contributed by atoms with Crippen molar-refractivity contribution in [2.45, 2.75) is 13.0 Å². The summed E-state index contributed by atoms with van der Waals surface area (Å²) in [7, 11) is 3.35. The van der Waals surface area contributed by atoms with Crippen molar-refractivity contribution in [3.8, 4) is 0 Å². The van der Waals surface area contributed by atoms with Gasteiger partial charge < -0.3 is 16.0 Å². The predicted octanol–water partition coefficient (Wildman–Crippen LogP) is 2.62. The van der Waals surface area contributed by atoms with E-state index in [4.69, 9.17) is 11.6 Å². The Balaban J connectivity index is 0.00000338. The number of aromatic nitrogens is 1. The van der Waals surface area contributed by atoms with E-state index in [1.807, 2.05) is 18.2 Å². The number of carbonyl (C=O) groups excluding carboxylic acids is 1. The van der Waals surface area contributed by atoms with E-state index in [1.165, 1.54) is 0 Å². The van der Waals surface area contributed by atoms with Gasteiger partial charge in [-0.15, -0.1) is 24.0 Å². The normalized spacial score (nSPS) is 10.7. The van der Waals surface area contributed by atoms with E-state index in [0.717, 1.165) is 30.1 Å². The second-order valence-corrected chi connectivity index (χ2v) is 5.76. The van der Waals surface area contributed by atoms with Crippen LogP contribution in [0.5, 0.6) is 0 Å². The zero-order valence-electron chi connectivity index (χ0n) is 14.8. The maximum atomic E-state index is 11.5. The van der Waals surface area contributed by atoms with E-state index in [0.29, 0.717) is 17.3 Å². The molecule has 0 unspecified atom stereocenters. The van der Waals surface area contributed by atoms with Crippen LogP contribution in [0.4, 0.5) is 0 Å². The van der Waals surface area contributed by atoms with Gasteiger partial charge in [0, 0.05) is 38.9 Å². The summed E-state index contributed by atoms with van der Waals surface area (Å²) in [5.74, 6) is 0.631. The van der Waals surface area contributed by atoms with Crippen molar-refractivity contribution in [1.29, 1.82) is 0 Å². The quantitative estimate of drug-likeness (QED) is 0.253. The van der Waals surface area contributed by atoms with E-state index in [-0.39, 0.29) is 29.9 Å². The van der Waals surface area contributed by atoms with Crippen LogP contribution in [-0.2, 0) is 13.0 Å². The molecule has 0 saturated carbocycles. The number of nitrogens with one attached hydrogen (secondary N) is 3. The Kier molecular flexibility index (Phi) is 9.97. The van der Waals surface area contributed by atoms with Crippen LogP contribution in [0.25, 0.3) is 0 Å². The highest BCUT2D eigenvalue weighted by Crippen LogP contribution is 2.06. The summed E-state index contributed by atoms with van der Waals surface area (Å²) in [6, 6.07) is 11.2. The first-order chi connectivity index (χ1) is 12.1. The fourth-order valence-electron chi connectivity index (χ4n) is 2.20. The maximum absolute atomic E-state index is 11.5. The molecular weight excluding hydrogens is 465 g/mol. The highest BCUT2D eigenvalue weighted by Gasteiger charge is 2.03. The molecule has 0 aliphatic heterocycles. The number of rotatable bonds is 6. The molecule has 0 spiro atoms. The summed E-state index contributed by atoms with van der Waals surface area (Å²) in [5, 5.41) is 9.60. The molecule has 0 bridgehead atoms. The van der Waals surface area contributed by atoms with Gasteiger partial charge in [0.25, 0.3) is 5.91 Å². The van der Waals surface area contributed by atoms with Gasteiger partial charge in [0.05, 0.1) is 0 Å². The number of hydrogen-bond acceptors (Lipinski definition) is 3. The van der Waals surface area contributed by atoms with Gasteiger partial charge in [-0.05, 0) is 35.7 Å². The Morgan fingerprint density at radius 1 is 1.12 bits per heavy atom. The lowest BCUT2D eigenvalue weighted by atomic mass is 10.1. The average molecular weight is 488 g/mol. The summed E-state index contributed by atoms with van der Waals surface area (Å²) in [4.78, 5) is 19.8. The van der Waals surface area contributed by atoms with Gasteiger partial charge in [-0.2, -0.15) is 0 Å². The van der Waals surface area contributed by atoms with E-state index >= 15 is 0 Å². The number of pyridine rings is 1. The molecule has 0 fully saturated rings. The Hall–Kier alpha value is -1.87. The van der Waals surface area contributed by atoms with Crippen molar-refractivity contribution in [3.05, 3.63) is 64.4 Å². The lowest BCUT2D eigenvalue weighted by molar-refractivity contribution is 0.0963. The van der Waals surface area contributed by atoms with Gasteiger partial charge in [-0.3, -0.25) is 9.79 Å². The van der Waals surface area contributed by atoms with Crippen LogP contribution in [0.15, 0.2) is 47.6 Å². The Morgan fingerprint density at radius 2 is 1.81 bits per heavy atom. The molecule has 0 aliphatic rings. The molecule has 1 heterocycles. The number of aliphatic imine (C=N–C) groups is 1. The number of hydrogen-bond donors (Lipinski definition) is 3. The summed E-state index contributed by atoms with van der Waals surface area (Å²) in [6.07, 6.45) is 2.60. The molecule has 0 radical (unpaired) electrons. The van der Waals surface area contributed by atoms with Crippen molar-refractivity contribution in [3.63, 3.8) is 0 Å². The molecule has 26 heavy (non-hydrogen) atoms. The zero-order valence-corrected chi connectivity index (χ0v) is 17.8. The van der Waals surface area contributed by atoms with Crippen molar-refractivity contribution >= 4 is 47.4 Å². The monoisotopic (exact) mass is 487 g/mol. The molecule has 1 amide bonds. The SMILES string of the molecule is CN=C(NCCc1ccc(Cl)nc1)NCc1ccc(C(=O)NC)cc1.I. The van der Waals surface area contributed by atoms with Crippen LogP contribution >= 0.6 is 35.6 Å². The second-order valence-electron chi connectivity index (χ2n) is 5.37. The minimum absolute atomic E-state index is 0. The molecule has 0 saturated heterocycles. The number of benzene rings is 1. The zero-order chi connectivity index (χ0) is 18.1. The number of carbonyl (C=O) groups is 1. The predicted molar refractivity (Wildman–Crippen MR) is 116 cm³/mol. The Morgan fingerprint density at radius 3 is 2.38 bits per heavy atom. The minimum atomic E-state index is -0.0892. The summed E-state index contributed by atoms with van der Waals surface area (Å²) < 4.78 is 0. The first-order valence-corrected chi connectivity index (χ1v) is 8.36. The summed E-state index contributed by atoms with van der Waals surface area (Å²) in [6.45, 7) is 1.36. The smallest absolute Gasteiger partial charge is 0.251 e. The Labute approximate surface area is 175 Å². The van der Waals surface area contributed by atoms with Gasteiger partial charge in [-0.25, -0.2) is 4.98 Å². The van der Waals surface area contributed by atoms with Crippen LogP contribution in [0.1, 0.15) is 21.5 Å². The van der Waals surface area contributed by atoms with Crippen molar-refractivity contribution in [2.75, 3.05) is 20.6 Å². The van der Waals surface area contributed by atoms with E-state index in [9.17, 15) is 4.79 Å². The number of nitrogens with zero attached hydrogens (tertiary/aromatic N) is 2. The van der Waals surface area contributed by atoms with Crippen molar-refractivity contribution in [2.24, 2.45) is 4.99 Å². The first-order valence-electron chi connectivity index (χ1n) is 7.98. The largest absolute Gasteiger partial charge is 0.356 e. The number of guanidine groups is 1. The molecule has 140 valence electrons. The number of amides is 1. The van der Waals surface area contributed by atoms with E-state index in [2.05, 4.69) is 25.9 Å². The average Bonchev–Trinajstić information content (AvgIpc) is 2.65. The third kappa shape index (κ3) is 7.17. The molecule has 1 aromatic heterocycles.